The molecule has 11 heteroatoms. The minimum Gasteiger partial charge on any atom is -0.446 e. The number of nitrogens with one attached hydrogen (secondary N) is 3. The number of hydrogen-bond donors (Lipinski definition) is 3. The number of halogens is 3. The maximum Gasteiger partial charge on any atom is 0.420 e. The van der Waals surface area contributed by atoms with Crippen molar-refractivity contribution in [3.05, 3.63) is 35.8 Å². The molecule has 2 aromatic heterocycles. The van der Waals surface area contributed by atoms with Crippen molar-refractivity contribution >= 4 is 17.6 Å². The van der Waals surface area contributed by atoms with E-state index in [1.165, 1.54) is 12.3 Å². The number of pyridine rings is 1. The Labute approximate surface area is 170 Å². The fraction of sp³-hybridized carbons (Fsp3) is 0.526. The van der Waals surface area contributed by atoms with Gasteiger partial charge in [0.15, 0.2) is 11.9 Å². The van der Waals surface area contributed by atoms with Gasteiger partial charge in [-0.15, -0.1) is 0 Å². The molecule has 3 N–H and O–H groups in total. The van der Waals surface area contributed by atoms with E-state index in [1.807, 2.05) is 6.07 Å². The van der Waals surface area contributed by atoms with Gasteiger partial charge in [-0.25, -0.2) is 4.79 Å². The lowest BCUT2D eigenvalue weighted by Crippen LogP contribution is -2.30. The van der Waals surface area contributed by atoms with Crippen LogP contribution in [0.25, 0.3) is 0 Å². The Morgan fingerprint density at radius 2 is 2.07 bits per heavy atom. The van der Waals surface area contributed by atoms with Gasteiger partial charge in [-0.05, 0) is 37.8 Å². The predicted molar refractivity (Wildman–Crippen MR) is 100 cm³/mol. The number of aromatic amines is 1. The van der Waals surface area contributed by atoms with Crippen LogP contribution in [0, 0.1) is 0 Å². The highest BCUT2D eigenvalue weighted by Gasteiger charge is 2.43. The number of fused-ring (bicyclic) bond motifs is 7. The zero-order chi connectivity index (χ0) is 21.1. The zero-order valence-electron chi connectivity index (χ0n) is 16.0. The summed E-state index contributed by atoms with van der Waals surface area (Å²) in [6, 6.07) is 4.68. The summed E-state index contributed by atoms with van der Waals surface area (Å²) in [6.45, 7) is -0.0451. The Hall–Kier alpha value is -2.82. The molecule has 0 unspecified atom stereocenters. The highest BCUT2D eigenvalue weighted by molar-refractivity contribution is 5.67. The number of alkyl carbamates (subject to hydrolysis) is 1. The Kier molecular flexibility index (Phi) is 5.80. The van der Waals surface area contributed by atoms with Gasteiger partial charge in [0.05, 0.1) is 5.69 Å². The molecule has 6 bridgehead atoms. The number of aromatic nitrogens is 3. The number of alkyl halides is 3. The highest BCUT2D eigenvalue weighted by atomic mass is 19.4. The first-order valence-corrected chi connectivity index (χ1v) is 9.79. The average molecular weight is 425 g/mol. The van der Waals surface area contributed by atoms with Crippen LogP contribution in [0.15, 0.2) is 24.4 Å². The molecule has 30 heavy (non-hydrogen) atoms. The second kappa shape index (κ2) is 8.50. The van der Waals surface area contributed by atoms with Crippen molar-refractivity contribution in [1.29, 1.82) is 0 Å². The highest BCUT2D eigenvalue weighted by Crippen LogP contribution is 2.37. The maximum absolute atomic E-state index is 13.5. The predicted octanol–water partition coefficient (Wildman–Crippen LogP) is 3.93. The largest absolute Gasteiger partial charge is 0.446 e. The van der Waals surface area contributed by atoms with E-state index in [0.29, 0.717) is 17.9 Å². The molecular formula is C19H22F3N5O3. The number of rotatable bonds is 0. The van der Waals surface area contributed by atoms with Gasteiger partial charge in [0.1, 0.15) is 6.10 Å². The normalized spacial score (nSPS) is 25.4. The van der Waals surface area contributed by atoms with Gasteiger partial charge in [-0.2, -0.15) is 18.3 Å². The third-order valence-corrected chi connectivity index (χ3v) is 5.19. The molecule has 1 amide bonds. The van der Waals surface area contributed by atoms with Crippen molar-refractivity contribution in [2.75, 3.05) is 18.5 Å². The Balaban J connectivity index is 1.59. The van der Waals surface area contributed by atoms with Crippen molar-refractivity contribution < 1.29 is 27.4 Å². The fourth-order valence-electron chi connectivity index (χ4n) is 3.76. The van der Waals surface area contributed by atoms with Gasteiger partial charge < -0.3 is 20.1 Å². The summed E-state index contributed by atoms with van der Waals surface area (Å²) < 4.78 is 51.0. The van der Waals surface area contributed by atoms with Crippen molar-refractivity contribution in [2.45, 2.75) is 50.0 Å². The second-order valence-corrected chi connectivity index (χ2v) is 7.41. The molecule has 0 aromatic carbocycles. The third kappa shape index (κ3) is 4.84. The minimum absolute atomic E-state index is 0.151. The average Bonchev–Trinajstić information content (AvgIpc) is 3.32. The summed E-state index contributed by atoms with van der Waals surface area (Å²) in [7, 11) is 0. The van der Waals surface area contributed by atoms with Crippen LogP contribution >= 0.6 is 0 Å². The lowest BCUT2D eigenvalue weighted by Gasteiger charge is -2.21. The summed E-state index contributed by atoms with van der Waals surface area (Å²) in [5, 5.41) is 12.7. The van der Waals surface area contributed by atoms with E-state index >= 15 is 0 Å². The van der Waals surface area contributed by atoms with Crippen LogP contribution in [0.5, 0.6) is 0 Å². The number of amides is 1. The van der Waals surface area contributed by atoms with Crippen LogP contribution < -0.4 is 10.6 Å². The molecule has 3 heterocycles. The number of carbonyl (C=O) groups excluding carboxylic acids is 1. The quantitative estimate of drug-likeness (QED) is 0.591. The molecule has 2 aliphatic rings. The Morgan fingerprint density at radius 1 is 1.20 bits per heavy atom. The number of anilines is 2. The first kappa shape index (κ1) is 20.5. The molecule has 162 valence electrons. The first-order valence-electron chi connectivity index (χ1n) is 9.79. The monoisotopic (exact) mass is 425 g/mol. The zero-order valence-corrected chi connectivity index (χ0v) is 16.0. The SMILES string of the molecule is O=C1NCCCO[C@@H](C(F)(F)F)c2cc(ccn2)Nc2cc([nH]n2)[C@H]2CC[C@H](C2)O1. The van der Waals surface area contributed by atoms with Crippen molar-refractivity contribution in [1.82, 2.24) is 20.5 Å². The van der Waals surface area contributed by atoms with E-state index in [-0.39, 0.29) is 37.3 Å². The smallest absolute Gasteiger partial charge is 0.420 e. The molecule has 1 fully saturated rings. The molecule has 8 nitrogen and oxygen atoms in total. The number of carbonyl (C=O) groups is 1. The lowest BCUT2D eigenvalue weighted by atomic mass is 10.0. The topological polar surface area (TPSA) is 101 Å². The number of hydrogen-bond acceptors (Lipinski definition) is 6. The van der Waals surface area contributed by atoms with Crippen molar-refractivity contribution in [3.63, 3.8) is 0 Å². The molecule has 0 saturated heterocycles. The Morgan fingerprint density at radius 3 is 2.90 bits per heavy atom. The van der Waals surface area contributed by atoms with Crippen LogP contribution in [-0.4, -0.2) is 46.7 Å². The second-order valence-electron chi connectivity index (χ2n) is 7.41. The lowest BCUT2D eigenvalue weighted by molar-refractivity contribution is -0.225. The standard InChI is InChI=1S/C19H22F3N5O3/c20-19(21,22)17-15-9-12(4-6-23-15)25-16-10-14(26-27-16)11-2-3-13(8-11)30-18(28)24-5-1-7-29-17/h4,6,9-11,13,17H,1-3,5,7-8H2,(H,24,28)(H2,25,26,27)/t11-,13+,17+/m0/s1. The first-order chi connectivity index (χ1) is 14.4. The van der Waals surface area contributed by atoms with E-state index in [0.717, 1.165) is 18.5 Å². The van der Waals surface area contributed by atoms with Gasteiger partial charge in [-0.1, -0.05) is 0 Å². The molecule has 2 aromatic rings. The van der Waals surface area contributed by atoms with Crippen molar-refractivity contribution in [3.8, 4) is 0 Å². The summed E-state index contributed by atoms with van der Waals surface area (Å²) in [5.74, 6) is 0.649. The third-order valence-electron chi connectivity index (χ3n) is 5.19. The summed E-state index contributed by atoms with van der Waals surface area (Å²) in [6.07, 6.45) is -3.80. The number of nitrogens with zero attached hydrogens (tertiary/aromatic N) is 2. The number of H-pyrrole nitrogens is 1. The van der Waals surface area contributed by atoms with Gasteiger partial charge in [0, 0.05) is 42.7 Å². The van der Waals surface area contributed by atoms with E-state index in [1.54, 1.807) is 6.07 Å². The molecule has 3 atom stereocenters. The fourth-order valence-corrected chi connectivity index (χ4v) is 3.76. The van der Waals surface area contributed by atoms with Crippen LogP contribution in [0.1, 0.15) is 49.1 Å². The maximum atomic E-state index is 13.5. The van der Waals surface area contributed by atoms with Crippen LogP contribution in [0.2, 0.25) is 0 Å². The van der Waals surface area contributed by atoms with Crippen LogP contribution in [0.3, 0.4) is 0 Å². The number of ether oxygens (including phenoxy) is 2. The Bertz CT molecular complexity index is 888. The van der Waals surface area contributed by atoms with E-state index in [9.17, 15) is 18.0 Å². The molecular weight excluding hydrogens is 403 g/mol. The summed E-state index contributed by atoms with van der Waals surface area (Å²) in [5.41, 5.74) is 1.06. The molecule has 4 rings (SSSR count). The van der Waals surface area contributed by atoms with Crippen molar-refractivity contribution in [2.24, 2.45) is 0 Å². The molecule has 0 spiro atoms. The van der Waals surface area contributed by atoms with E-state index in [2.05, 4.69) is 25.8 Å². The van der Waals surface area contributed by atoms with Crippen LogP contribution in [0.4, 0.5) is 29.5 Å². The van der Waals surface area contributed by atoms with Gasteiger partial charge in [0.2, 0.25) is 0 Å². The van der Waals surface area contributed by atoms with Gasteiger partial charge in [0.25, 0.3) is 0 Å². The summed E-state index contributed by atoms with van der Waals surface area (Å²) in [4.78, 5) is 15.8. The minimum atomic E-state index is -4.63. The van der Waals surface area contributed by atoms with Gasteiger partial charge >= 0.3 is 12.3 Å². The molecule has 0 radical (unpaired) electrons. The summed E-state index contributed by atoms with van der Waals surface area (Å²) >= 11 is 0. The van der Waals surface area contributed by atoms with Gasteiger partial charge in [-0.3, -0.25) is 10.1 Å². The molecule has 1 saturated carbocycles. The van der Waals surface area contributed by atoms with E-state index < -0.39 is 18.4 Å². The molecule has 1 aliphatic carbocycles. The van der Waals surface area contributed by atoms with E-state index in [4.69, 9.17) is 9.47 Å². The van der Waals surface area contributed by atoms with Crippen LogP contribution in [-0.2, 0) is 9.47 Å². The molecule has 1 aliphatic heterocycles.